The molecule has 2 rings (SSSR count). The standard InChI is InChI=1S/C16H19NO4S2/c1-10(12(18)11-6-4-3-5-7-11)17(2)15(19)13-14(16(20)21)23-9-8-22-13/h3-7,10,12,18H,8-9H2,1-2H3,(H,20,21). The molecule has 0 bridgehead atoms. The van der Waals surface area contributed by atoms with E-state index in [0.717, 1.165) is 5.56 Å². The van der Waals surface area contributed by atoms with Gasteiger partial charge in [0.15, 0.2) is 0 Å². The van der Waals surface area contributed by atoms with Crippen LogP contribution in [0.3, 0.4) is 0 Å². The summed E-state index contributed by atoms with van der Waals surface area (Å²) in [7, 11) is 1.59. The van der Waals surface area contributed by atoms with E-state index in [4.69, 9.17) is 0 Å². The lowest BCUT2D eigenvalue weighted by Crippen LogP contribution is -2.40. The van der Waals surface area contributed by atoms with E-state index >= 15 is 0 Å². The number of hydrogen-bond acceptors (Lipinski definition) is 5. The van der Waals surface area contributed by atoms with E-state index in [0.29, 0.717) is 11.5 Å². The third-order valence-electron chi connectivity index (χ3n) is 3.70. The topological polar surface area (TPSA) is 77.8 Å². The van der Waals surface area contributed by atoms with E-state index in [-0.39, 0.29) is 15.7 Å². The summed E-state index contributed by atoms with van der Waals surface area (Å²) in [4.78, 5) is 25.7. The molecule has 23 heavy (non-hydrogen) atoms. The molecular formula is C16H19NO4S2. The van der Waals surface area contributed by atoms with Crippen LogP contribution in [0.5, 0.6) is 0 Å². The van der Waals surface area contributed by atoms with Gasteiger partial charge in [0.1, 0.15) is 4.91 Å². The van der Waals surface area contributed by atoms with Crippen LogP contribution in [0.2, 0.25) is 0 Å². The third kappa shape index (κ3) is 4.10. The molecule has 1 aliphatic rings. The van der Waals surface area contributed by atoms with Crippen LogP contribution in [0.1, 0.15) is 18.6 Å². The molecule has 2 atom stereocenters. The van der Waals surface area contributed by atoms with Crippen molar-refractivity contribution in [3.63, 3.8) is 0 Å². The summed E-state index contributed by atoms with van der Waals surface area (Å²) in [5.41, 5.74) is 0.720. The van der Waals surface area contributed by atoms with E-state index in [1.165, 1.54) is 28.4 Å². The maximum absolute atomic E-state index is 12.6. The van der Waals surface area contributed by atoms with E-state index < -0.39 is 18.1 Å². The van der Waals surface area contributed by atoms with E-state index in [1.54, 1.807) is 26.1 Å². The minimum Gasteiger partial charge on any atom is -0.477 e. The van der Waals surface area contributed by atoms with Crippen molar-refractivity contribution in [3.05, 3.63) is 45.7 Å². The van der Waals surface area contributed by atoms with Gasteiger partial charge in [-0.05, 0) is 12.5 Å². The minimum absolute atomic E-state index is 0.0968. The summed E-state index contributed by atoms with van der Waals surface area (Å²) in [6, 6.07) is 8.63. The second-order valence-corrected chi connectivity index (χ2v) is 7.38. The first kappa shape index (κ1) is 17.9. The van der Waals surface area contributed by atoms with Gasteiger partial charge in [0.05, 0.1) is 17.1 Å². The quantitative estimate of drug-likeness (QED) is 0.846. The number of carbonyl (C=O) groups is 2. The van der Waals surface area contributed by atoms with Gasteiger partial charge in [0.25, 0.3) is 5.91 Å². The number of carboxylic acids is 1. The largest absolute Gasteiger partial charge is 0.477 e. The van der Waals surface area contributed by atoms with Crippen molar-refractivity contribution < 1.29 is 19.8 Å². The third-order valence-corrected chi connectivity index (χ3v) is 6.24. The number of carboxylic acid groups (broad SMARTS) is 1. The molecule has 124 valence electrons. The number of thioether (sulfide) groups is 2. The first-order valence-electron chi connectivity index (χ1n) is 7.16. The number of aliphatic carboxylic acids is 1. The Hall–Kier alpha value is -1.44. The number of rotatable bonds is 5. The normalized spacial score (nSPS) is 17.5. The summed E-state index contributed by atoms with van der Waals surface area (Å²) >= 11 is 2.46. The van der Waals surface area contributed by atoms with Crippen molar-refractivity contribution in [2.75, 3.05) is 18.6 Å². The zero-order chi connectivity index (χ0) is 17.0. The van der Waals surface area contributed by atoms with Crippen LogP contribution >= 0.6 is 23.5 Å². The molecular weight excluding hydrogens is 334 g/mol. The number of hydrogen-bond donors (Lipinski definition) is 2. The molecule has 2 unspecified atom stereocenters. The van der Waals surface area contributed by atoms with Crippen molar-refractivity contribution >= 4 is 35.4 Å². The monoisotopic (exact) mass is 353 g/mol. The molecule has 1 aliphatic heterocycles. The van der Waals surface area contributed by atoms with E-state index in [9.17, 15) is 19.8 Å². The highest BCUT2D eigenvalue weighted by molar-refractivity contribution is 8.11. The van der Waals surface area contributed by atoms with Crippen molar-refractivity contribution in [3.8, 4) is 0 Å². The summed E-state index contributed by atoms with van der Waals surface area (Å²) in [5, 5.41) is 19.7. The molecule has 7 heteroatoms. The molecule has 1 amide bonds. The Labute approximate surface area is 143 Å². The summed E-state index contributed by atoms with van der Waals surface area (Å²) < 4.78 is 0. The second kappa shape index (κ2) is 7.90. The van der Waals surface area contributed by atoms with Gasteiger partial charge in [-0.15, -0.1) is 23.5 Å². The van der Waals surface area contributed by atoms with Gasteiger partial charge in [-0.3, -0.25) is 4.79 Å². The number of amides is 1. The van der Waals surface area contributed by atoms with Crippen molar-refractivity contribution in [2.24, 2.45) is 0 Å². The Morgan fingerprint density at radius 3 is 2.26 bits per heavy atom. The number of aliphatic hydroxyl groups is 1. The smallest absolute Gasteiger partial charge is 0.343 e. The molecule has 1 aromatic carbocycles. The van der Waals surface area contributed by atoms with Crippen LogP contribution in [-0.2, 0) is 9.59 Å². The molecule has 0 radical (unpaired) electrons. The predicted octanol–water partition coefficient (Wildman–Crippen LogP) is 2.34. The van der Waals surface area contributed by atoms with Gasteiger partial charge in [-0.1, -0.05) is 30.3 Å². The zero-order valence-corrected chi connectivity index (χ0v) is 14.6. The fourth-order valence-electron chi connectivity index (χ4n) is 2.22. The Morgan fingerprint density at radius 2 is 1.70 bits per heavy atom. The first-order chi connectivity index (χ1) is 10.9. The van der Waals surface area contributed by atoms with E-state index in [2.05, 4.69) is 0 Å². The number of carbonyl (C=O) groups excluding carboxylic acids is 1. The fourth-order valence-corrected chi connectivity index (χ4v) is 4.48. The van der Waals surface area contributed by atoms with Gasteiger partial charge in [0, 0.05) is 18.6 Å². The number of nitrogens with zero attached hydrogens (tertiary/aromatic N) is 1. The highest BCUT2D eigenvalue weighted by atomic mass is 32.2. The maximum Gasteiger partial charge on any atom is 0.343 e. The Bertz CT molecular complexity index is 618. The Kier molecular flexibility index (Phi) is 6.15. The van der Waals surface area contributed by atoms with Crippen molar-refractivity contribution in [1.82, 2.24) is 4.90 Å². The van der Waals surface area contributed by atoms with Crippen molar-refractivity contribution in [1.29, 1.82) is 0 Å². The number of likely N-dealkylation sites (N-methyl/N-ethyl adjacent to an activating group) is 1. The zero-order valence-electron chi connectivity index (χ0n) is 12.9. The highest BCUT2D eigenvalue weighted by Gasteiger charge is 2.31. The molecule has 0 aromatic heterocycles. The van der Waals surface area contributed by atoms with Gasteiger partial charge < -0.3 is 15.1 Å². The molecule has 0 spiro atoms. The molecule has 2 N–H and O–H groups in total. The molecule has 1 aromatic rings. The van der Waals surface area contributed by atoms with Crippen LogP contribution in [0.15, 0.2) is 40.1 Å². The second-order valence-electron chi connectivity index (χ2n) is 5.17. The van der Waals surface area contributed by atoms with Crippen LogP contribution in [0, 0.1) is 0 Å². The molecule has 0 fully saturated rings. The average Bonchev–Trinajstić information content (AvgIpc) is 2.59. The Morgan fingerprint density at radius 1 is 1.13 bits per heavy atom. The first-order valence-corrected chi connectivity index (χ1v) is 9.14. The summed E-state index contributed by atoms with van der Waals surface area (Å²) in [6.07, 6.45) is -0.833. The minimum atomic E-state index is -1.07. The predicted molar refractivity (Wildman–Crippen MR) is 93.2 cm³/mol. The molecule has 0 saturated carbocycles. The van der Waals surface area contributed by atoms with Crippen LogP contribution in [0.25, 0.3) is 0 Å². The average molecular weight is 353 g/mol. The lowest BCUT2D eigenvalue weighted by atomic mass is 10.0. The number of benzene rings is 1. The summed E-state index contributed by atoms with van der Waals surface area (Å²) in [5.74, 6) is -0.0571. The van der Waals surface area contributed by atoms with Crippen molar-refractivity contribution in [2.45, 2.75) is 19.1 Å². The molecule has 5 nitrogen and oxygen atoms in total. The van der Waals surface area contributed by atoms with Gasteiger partial charge in [0.2, 0.25) is 0 Å². The van der Waals surface area contributed by atoms with E-state index in [1.807, 2.05) is 18.2 Å². The van der Waals surface area contributed by atoms with Gasteiger partial charge >= 0.3 is 5.97 Å². The molecule has 0 aliphatic carbocycles. The molecule has 1 heterocycles. The Balaban J connectivity index is 2.20. The number of aliphatic hydroxyl groups excluding tert-OH is 1. The van der Waals surface area contributed by atoms with Crippen LogP contribution in [0.4, 0.5) is 0 Å². The lowest BCUT2D eigenvalue weighted by Gasteiger charge is -2.30. The maximum atomic E-state index is 12.6. The van der Waals surface area contributed by atoms with Gasteiger partial charge in [-0.2, -0.15) is 0 Å². The SMILES string of the molecule is CC(C(O)c1ccccc1)N(C)C(=O)C1=C(C(=O)O)SCCS1. The highest BCUT2D eigenvalue weighted by Crippen LogP contribution is 2.36. The fraction of sp³-hybridized carbons (Fsp3) is 0.375. The van der Waals surface area contributed by atoms with Crippen LogP contribution in [-0.4, -0.2) is 51.6 Å². The van der Waals surface area contributed by atoms with Gasteiger partial charge in [-0.25, -0.2) is 4.79 Å². The molecule has 0 saturated heterocycles. The summed E-state index contributed by atoms with van der Waals surface area (Å²) in [6.45, 7) is 1.75. The lowest BCUT2D eigenvalue weighted by molar-refractivity contribution is -0.133. The van der Waals surface area contributed by atoms with Crippen LogP contribution < -0.4 is 0 Å².